The lowest BCUT2D eigenvalue weighted by molar-refractivity contribution is -0.126. The van der Waals surface area contributed by atoms with Crippen molar-refractivity contribution >= 4 is 11.8 Å². The maximum absolute atomic E-state index is 11.8. The molecule has 1 aliphatic heterocycles. The lowest BCUT2D eigenvalue weighted by Gasteiger charge is -2.33. The van der Waals surface area contributed by atoms with Gasteiger partial charge in [-0.05, 0) is 19.3 Å². The molecule has 1 heterocycles. The van der Waals surface area contributed by atoms with Crippen LogP contribution < -0.4 is 16.4 Å². The third-order valence-corrected chi connectivity index (χ3v) is 3.78. The fourth-order valence-electron chi connectivity index (χ4n) is 2.63. The summed E-state index contributed by atoms with van der Waals surface area (Å²) in [4.78, 5) is 22.8. The zero-order chi connectivity index (χ0) is 12.3. The minimum atomic E-state index is -0.352. The third kappa shape index (κ3) is 3.19. The van der Waals surface area contributed by atoms with E-state index in [9.17, 15) is 9.59 Å². The highest BCUT2D eigenvalue weighted by Crippen LogP contribution is 2.25. The van der Waals surface area contributed by atoms with E-state index in [-0.39, 0.29) is 23.4 Å². The number of carbonyl (C=O) groups is 2. The molecule has 0 aromatic carbocycles. The minimum Gasteiger partial charge on any atom is -0.352 e. The number of rotatable bonds is 3. The van der Waals surface area contributed by atoms with Crippen LogP contribution in [0.4, 0.5) is 0 Å². The summed E-state index contributed by atoms with van der Waals surface area (Å²) in [5, 5.41) is 5.54. The van der Waals surface area contributed by atoms with Crippen molar-refractivity contribution in [3.05, 3.63) is 0 Å². The quantitative estimate of drug-likeness (QED) is 0.650. The maximum atomic E-state index is 11.8. The molecule has 0 radical (unpaired) electrons. The van der Waals surface area contributed by atoms with E-state index >= 15 is 0 Å². The van der Waals surface area contributed by atoms with Crippen LogP contribution in [-0.4, -0.2) is 29.9 Å². The maximum Gasteiger partial charge on any atom is 0.242 e. The summed E-state index contributed by atoms with van der Waals surface area (Å²) < 4.78 is 0. The number of nitrogens with two attached hydrogens (primary N) is 1. The van der Waals surface area contributed by atoms with Crippen LogP contribution in [0.15, 0.2) is 0 Å². The fourth-order valence-corrected chi connectivity index (χ4v) is 2.63. The molecule has 1 atom stereocenters. The van der Waals surface area contributed by atoms with Gasteiger partial charge in [-0.1, -0.05) is 19.3 Å². The van der Waals surface area contributed by atoms with Crippen LogP contribution in [0.25, 0.3) is 0 Å². The van der Waals surface area contributed by atoms with Crippen molar-refractivity contribution in [3.8, 4) is 0 Å². The van der Waals surface area contributed by atoms with Crippen molar-refractivity contribution in [1.29, 1.82) is 0 Å². The first-order chi connectivity index (χ1) is 8.09. The van der Waals surface area contributed by atoms with Gasteiger partial charge in [0.1, 0.15) is 6.04 Å². The Kier molecular flexibility index (Phi) is 3.66. The van der Waals surface area contributed by atoms with Crippen LogP contribution in [0, 0.1) is 0 Å². The number of hydrogen-bond donors (Lipinski definition) is 3. The van der Waals surface area contributed by atoms with E-state index < -0.39 is 0 Å². The summed E-state index contributed by atoms with van der Waals surface area (Å²) in [6, 6.07) is -0.352. The van der Waals surface area contributed by atoms with E-state index in [1.165, 1.54) is 6.42 Å². The fraction of sp³-hybridized carbons (Fsp3) is 0.833. The zero-order valence-corrected chi connectivity index (χ0v) is 10.1. The first kappa shape index (κ1) is 12.4. The second-order valence-corrected chi connectivity index (χ2v) is 5.30. The van der Waals surface area contributed by atoms with Gasteiger partial charge in [0.25, 0.3) is 0 Å². The zero-order valence-electron chi connectivity index (χ0n) is 10.1. The molecular formula is C12H21N3O2. The summed E-state index contributed by atoms with van der Waals surface area (Å²) in [5.41, 5.74) is 5.99. The molecule has 2 rings (SSSR count). The normalized spacial score (nSPS) is 27.6. The van der Waals surface area contributed by atoms with E-state index in [0.717, 1.165) is 25.7 Å². The predicted octanol–water partition coefficient (Wildman–Crippen LogP) is 0.0428. The van der Waals surface area contributed by atoms with Crippen LogP contribution in [0.3, 0.4) is 0 Å². The molecule has 0 bridgehead atoms. The number of carbonyl (C=O) groups excluding carboxylic acids is 2. The van der Waals surface area contributed by atoms with Gasteiger partial charge in [0.2, 0.25) is 11.8 Å². The summed E-state index contributed by atoms with van der Waals surface area (Å²) in [7, 11) is 0. The van der Waals surface area contributed by atoms with Crippen LogP contribution in [-0.2, 0) is 9.59 Å². The standard InChI is InChI=1S/C12H21N3O2/c13-12(6-2-1-3-7-12)8-14-11(17)9-4-5-10(16)15-9/h9H,1-8,13H2,(H,14,17)(H,15,16). The Morgan fingerprint density at radius 2 is 2.12 bits per heavy atom. The highest BCUT2D eigenvalue weighted by molar-refractivity contribution is 5.90. The molecule has 2 fully saturated rings. The Morgan fingerprint density at radius 1 is 1.41 bits per heavy atom. The summed E-state index contributed by atoms with van der Waals surface area (Å²) >= 11 is 0. The van der Waals surface area contributed by atoms with Crippen LogP contribution in [0.5, 0.6) is 0 Å². The Balaban J connectivity index is 1.77. The van der Waals surface area contributed by atoms with Gasteiger partial charge in [-0.2, -0.15) is 0 Å². The third-order valence-electron chi connectivity index (χ3n) is 3.78. The van der Waals surface area contributed by atoms with E-state index in [0.29, 0.717) is 19.4 Å². The average molecular weight is 239 g/mol. The van der Waals surface area contributed by atoms with Crippen LogP contribution in [0.1, 0.15) is 44.9 Å². The Labute approximate surface area is 102 Å². The van der Waals surface area contributed by atoms with Gasteiger partial charge in [0.05, 0.1) is 0 Å². The summed E-state index contributed by atoms with van der Waals surface area (Å²) in [6.45, 7) is 0.526. The molecule has 17 heavy (non-hydrogen) atoms. The van der Waals surface area contributed by atoms with Gasteiger partial charge >= 0.3 is 0 Å². The number of amides is 2. The molecule has 1 saturated heterocycles. The van der Waals surface area contributed by atoms with E-state index in [4.69, 9.17) is 5.73 Å². The van der Waals surface area contributed by atoms with Crippen molar-refractivity contribution in [2.24, 2.45) is 5.73 Å². The van der Waals surface area contributed by atoms with Gasteiger partial charge in [-0.15, -0.1) is 0 Å². The summed E-state index contributed by atoms with van der Waals surface area (Å²) in [6.07, 6.45) is 6.54. The summed E-state index contributed by atoms with van der Waals surface area (Å²) in [5.74, 6) is -0.128. The molecule has 96 valence electrons. The highest BCUT2D eigenvalue weighted by Gasteiger charge is 2.31. The second-order valence-electron chi connectivity index (χ2n) is 5.30. The first-order valence-electron chi connectivity index (χ1n) is 6.45. The molecule has 0 aromatic heterocycles. The molecule has 2 amide bonds. The molecule has 1 aliphatic carbocycles. The largest absolute Gasteiger partial charge is 0.352 e. The first-order valence-corrected chi connectivity index (χ1v) is 6.45. The van der Waals surface area contributed by atoms with Gasteiger partial charge < -0.3 is 16.4 Å². The average Bonchev–Trinajstić information content (AvgIpc) is 2.74. The SMILES string of the molecule is NC1(CNC(=O)C2CCC(=O)N2)CCCCC1. The smallest absolute Gasteiger partial charge is 0.242 e. The predicted molar refractivity (Wildman–Crippen MR) is 64.2 cm³/mol. The number of nitrogens with one attached hydrogen (secondary N) is 2. The molecule has 5 heteroatoms. The van der Waals surface area contributed by atoms with E-state index in [2.05, 4.69) is 10.6 Å². The molecule has 5 nitrogen and oxygen atoms in total. The van der Waals surface area contributed by atoms with Crippen molar-refractivity contribution in [3.63, 3.8) is 0 Å². The molecule has 0 aromatic rings. The molecular weight excluding hydrogens is 218 g/mol. The topological polar surface area (TPSA) is 84.2 Å². The van der Waals surface area contributed by atoms with Gasteiger partial charge in [0, 0.05) is 18.5 Å². The Bertz CT molecular complexity index is 311. The minimum absolute atomic E-state index is 0.0368. The molecule has 1 unspecified atom stereocenters. The lowest BCUT2D eigenvalue weighted by Crippen LogP contribution is -2.53. The van der Waals surface area contributed by atoms with Gasteiger partial charge in [0.15, 0.2) is 0 Å². The number of hydrogen-bond acceptors (Lipinski definition) is 3. The van der Waals surface area contributed by atoms with Crippen molar-refractivity contribution in [2.75, 3.05) is 6.54 Å². The molecule has 4 N–H and O–H groups in total. The molecule has 0 spiro atoms. The Hall–Kier alpha value is -1.10. The van der Waals surface area contributed by atoms with E-state index in [1.807, 2.05) is 0 Å². The van der Waals surface area contributed by atoms with Crippen molar-refractivity contribution in [1.82, 2.24) is 10.6 Å². The van der Waals surface area contributed by atoms with Crippen LogP contribution in [0.2, 0.25) is 0 Å². The monoisotopic (exact) mass is 239 g/mol. The van der Waals surface area contributed by atoms with E-state index in [1.54, 1.807) is 0 Å². The van der Waals surface area contributed by atoms with Crippen molar-refractivity contribution < 1.29 is 9.59 Å². The van der Waals surface area contributed by atoms with Gasteiger partial charge in [-0.3, -0.25) is 9.59 Å². The Morgan fingerprint density at radius 3 is 2.71 bits per heavy atom. The second kappa shape index (κ2) is 5.04. The van der Waals surface area contributed by atoms with Crippen molar-refractivity contribution in [2.45, 2.75) is 56.5 Å². The lowest BCUT2D eigenvalue weighted by atomic mass is 9.82. The van der Waals surface area contributed by atoms with Gasteiger partial charge in [-0.25, -0.2) is 0 Å². The molecule has 2 aliphatic rings. The van der Waals surface area contributed by atoms with Crippen LogP contribution >= 0.6 is 0 Å². The highest BCUT2D eigenvalue weighted by atomic mass is 16.2. The molecule has 1 saturated carbocycles.